The van der Waals surface area contributed by atoms with E-state index in [0.717, 1.165) is 5.56 Å². The summed E-state index contributed by atoms with van der Waals surface area (Å²) in [6.07, 6.45) is 3.18. The fourth-order valence-corrected chi connectivity index (χ4v) is 1.02. The van der Waals surface area contributed by atoms with Gasteiger partial charge in [0.25, 0.3) is 0 Å². The molecule has 0 unspecified atom stereocenters. The van der Waals surface area contributed by atoms with Crippen LogP contribution in [0.15, 0.2) is 12.4 Å². The molecule has 0 atom stereocenters. The fourth-order valence-electron chi connectivity index (χ4n) is 1.02. The van der Waals surface area contributed by atoms with Gasteiger partial charge in [0.1, 0.15) is 6.54 Å². The lowest BCUT2D eigenvalue weighted by molar-refractivity contribution is -0.137. The molecule has 0 bridgehead atoms. The number of hydrogen-bond donors (Lipinski definition) is 5. The van der Waals surface area contributed by atoms with Gasteiger partial charge < -0.3 is 21.1 Å². The second-order valence-corrected chi connectivity index (χ2v) is 3.31. The smallest absolute Gasteiger partial charge is 0.322 e. The number of H-pyrrole nitrogens is 1. The lowest BCUT2D eigenvalue weighted by atomic mass is 10.4. The van der Waals surface area contributed by atoms with Gasteiger partial charge in [-0.15, -0.1) is 0 Å². The number of aliphatic carboxylic acids is 1. The number of carbonyl (C=O) groups is 3. The highest BCUT2D eigenvalue weighted by Crippen LogP contribution is 1.91. The molecule has 18 heavy (non-hydrogen) atoms. The topological polar surface area (TPSA) is 136 Å². The van der Waals surface area contributed by atoms with E-state index >= 15 is 0 Å². The average Bonchev–Trinajstić information content (AvgIpc) is 2.84. The molecule has 0 saturated carbocycles. The molecule has 98 valence electrons. The summed E-state index contributed by atoms with van der Waals surface area (Å²) in [5, 5.41) is 21.5. The van der Waals surface area contributed by atoms with E-state index < -0.39 is 24.5 Å². The van der Waals surface area contributed by atoms with Crippen LogP contribution < -0.4 is 16.0 Å². The summed E-state index contributed by atoms with van der Waals surface area (Å²) in [6.45, 7) is -0.485. The molecular weight excluding hydrogens is 242 g/mol. The molecule has 0 radical (unpaired) electrons. The Hall–Kier alpha value is -2.58. The highest BCUT2D eigenvalue weighted by atomic mass is 16.4. The van der Waals surface area contributed by atoms with Gasteiger partial charge in [0, 0.05) is 18.3 Å². The van der Waals surface area contributed by atoms with Gasteiger partial charge in [-0.05, 0) is 0 Å². The van der Waals surface area contributed by atoms with Crippen molar-refractivity contribution in [3.63, 3.8) is 0 Å². The number of aromatic amines is 1. The van der Waals surface area contributed by atoms with Crippen LogP contribution in [0.2, 0.25) is 0 Å². The molecule has 1 rings (SSSR count). The first-order valence-electron chi connectivity index (χ1n) is 5.06. The Morgan fingerprint density at radius 1 is 1.22 bits per heavy atom. The van der Waals surface area contributed by atoms with Crippen molar-refractivity contribution in [1.29, 1.82) is 0 Å². The molecule has 1 heterocycles. The lowest BCUT2D eigenvalue weighted by Gasteiger charge is -2.06. The number of amides is 3. The second kappa shape index (κ2) is 6.89. The summed E-state index contributed by atoms with van der Waals surface area (Å²) >= 11 is 0. The number of nitrogens with one attached hydrogen (secondary N) is 4. The normalized spacial score (nSPS) is 9.56. The van der Waals surface area contributed by atoms with Crippen molar-refractivity contribution in [3.8, 4) is 0 Å². The minimum Gasteiger partial charge on any atom is -0.480 e. The minimum atomic E-state index is -1.15. The maximum atomic E-state index is 11.2. The molecule has 0 fully saturated rings. The van der Waals surface area contributed by atoms with E-state index in [0.29, 0.717) is 0 Å². The van der Waals surface area contributed by atoms with Gasteiger partial charge in [-0.25, -0.2) is 4.79 Å². The van der Waals surface area contributed by atoms with Crippen molar-refractivity contribution < 1.29 is 19.5 Å². The van der Waals surface area contributed by atoms with Crippen molar-refractivity contribution in [2.24, 2.45) is 0 Å². The number of nitrogens with zero attached hydrogens (tertiary/aromatic N) is 1. The van der Waals surface area contributed by atoms with Crippen LogP contribution in [0.5, 0.6) is 0 Å². The van der Waals surface area contributed by atoms with Crippen molar-refractivity contribution in [1.82, 2.24) is 26.1 Å². The predicted molar refractivity (Wildman–Crippen MR) is 59.5 cm³/mol. The van der Waals surface area contributed by atoms with E-state index in [1.807, 2.05) is 0 Å². The lowest BCUT2D eigenvalue weighted by Crippen LogP contribution is -2.42. The third kappa shape index (κ3) is 5.49. The Morgan fingerprint density at radius 3 is 2.61 bits per heavy atom. The Morgan fingerprint density at radius 2 is 2.00 bits per heavy atom. The Balaban J connectivity index is 2.13. The van der Waals surface area contributed by atoms with Crippen LogP contribution in [0.4, 0.5) is 4.79 Å². The molecular formula is C9H13N5O4. The minimum absolute atomic E-state index is 0.277. The standard InChI is InChI=1S/C9H13N5O4/c15-7(10-5-8(16)17)4-12-9(18)11-1-6-2-13-14-3-6/h2-3H,1,4-5H2,(H,10,15)(H,13,14)(H,16,17)(H2,11,12,18). The number of carboxylic acid groups (broad SMARTS) is 1. The highest BCUT2D eigenvalue weighted by Gasteiger charge is 2.06. The zero-order valence-corrected chi connectivity index (χ0v) is 9.40. The monoisotopic (exact) mass is 255 g/mol. The molecule has 0 saturated heterocycles. The first-order chi connectivity index (χ1) is 8.58. The highest BCUT2D eigenvalue weighted by molar-refractivity contribution is 5.86. The third-order valence-electron chi connectivity index (χ3n) is 1.85. The number of rotatable bonds is 6. The quantitative estimate of drug-likeness (QED) is 0.417. The number of carbonyl (C=O) groups excluding carboxylic acids is 2. The summed E-state index contributed by atoms with van der Waals surface area (Å²) in [5.41, 5.74) is 0.792. The molecule has 1 aromatic rings. The largest absolute Gasteiger partial charge is 0.480 e. The van der Waals surface area contributed by atoms with Gasteiger partial charge in [0.15, 0.2) is 0 Å². The van der Waals surface area contributed by atoms with Crippen molar-refractivity contribution in [2.75, 3.05) is 13.1 Å². The first-order valence-corrected chi connectivity index (χ1v) is 5.06. The molecule has 0 aliphatic heterocycles. The second-order valence-electron chi connectivity index (χ2n) is 3.31. The van der Waals surface area contributed by atoms with Gasteiger partial charge in [0.2, 0.25) is 5.91 Å². The SMILES string of the molecule is O=C(O)CNC(=O)CNC(=O)NCc1cn[nH]c1. The molecule has 3 amide bonds. The van der Waals surface area contributed by atoms with Gasteiger partial charge in [-0.3, -0.25) is 14.7 Å². The molecule has 0 spiro atoms. The molecule has 9 nitrogen and oxygen atoms in total. The fraction of sp³-hybridized carbons (Fsp3) is 0.333. The van der Waals surface area contributed by atoms with Gasteiger partial charge in [-0.1, -0.05) is 0 Å². The van der Waals surface area contributed by atoms with E-state index in [1.165, 1.54) is 0 Å². The van der Waals surface area contributed by atoms with Gasteiger partial charge in [0.05, 0.1) is 12.7 Å². The van der Waals surface area contributed by atoms with E-state index in [-0.39, 0.29) is 13.1 Å². The van der Waals surface area contributed by atoms with Crippen LogP contribution in [0, 0.1) is 0 Å². The van der Waals surface area contributed by atoms with Crippen LogP contribution in [0.25, 0.3) is 0 Å². The van der Waals surface area contributed by atoms with Crippen molar-refractivity contribution >= 4 is 17.9 Å². The molecule has 9 heteroatoms. The molecule has 0 aliphatic carbocycles. The number of hydrogen-bond acceptors (Lipinski definition) is 4. The number of carboxylic acids is 1. The Bertz CT molecular complexity index is 417. The van der Waals surface area contributed by atoms with E-state index in [1.54, 1.807) is 12.4 Å². The Labute approximate surface area is 102 Å². The summed E-state index contributed by atoms with van der Waals surface area (Å²) in [5.74, 6) is -1.72. The number of urea groups is 1. The van der Waals surface area contributed by atoms with Gasteiger partial charge in [-0.2, -0.15) is 5.10 Å². The molecule has 1 aromatic heterocycles. The van der Waals surface area contributed by atoms with Crippen LogP contribution in [-0.2, 0) is 16.1 Å². The molecule has 0 aromatic carbocycles. The predicted octanol–water partition coefficient (Wildman–Crippen LogP) is -1.59. The summed E-state index contributed by atoms with van der Waals surface area (Å²) in [4.78, 5) is 32.4. The first kappa shape index (κ1) is 13.5. The van der Waals surface area contributed by atoms with E-state index in [9.17, 15) is 14.4 Å². The zero-order valence-electron chi connectivity index (χ0n) is 9.40. The van der Waals surface area contributed by atoms with E-state index in [4.69, 9.17) is 5.11 Å². The van der Waals surface area contributed by atoms with Crippen molar-refractivity contribution in [2.45, 2.75) is 6.54 Å². The van der Waals surface area contributed by atoms with Crippen molar-refractivity contribution in [3.05, 3.63) is 18.0 Å². The zero-order chi connectivity index (χ0) is 13.4. The summed E-state index contributed by atoms with van der Waals surface area (Å²) in [7, 11) is 0. The van der Waals surface area contributed by atoms with Crippen LogP contribution in [-0.4, -0.2) is 46.3 Å². The summed E-state index contributed by atoms with van der Waals surface area (Å²) in [6, 6.07) is -0.526. The maximum absolute atomic E-state index is 11.2. The van der Waals surface area contributed by atoms with Crippen LogP contribution in [0.1, 0.15) is 5.56 Å². The summed E-state index contributed by atoms with van der Waals surface area (Å²) < 4.78 is 0. The molecule has 0 aliphatic rings. The van der Waals surface area contributed by atoms with Gasteiger partial charge >= 0.3 is 12.0 Å². The molecule has 5 N–H and O–H groups in total. The number of aromatic nitrogens is 2. The Kier molecular flexibility index (Phi) is 5.16. The average molecular weight is 255 g/mol. The van der Waals surface area contributed by atoms with E-state index in [2.05, 4.69) is 26.1 Å². The third-order valence-corrected chi connectivity index (χ3v) is 1.85. The van der Waals surface area contributed by atoms with Crippen LogP contribution >= 0.6 is 0 Å². The maximum Gasteiger partial charge on any atom is 0.322 e. The van der Waals surface area contributed by atoms with Crippen LogP contribution in [0.3, 0.4) is 0 Å².